The van der Waals surface area contributed by atoms with Crippen molar-refractivity contribution in [2.45, 2.75) is 6.10 Å². The Balaban J connectivity index is 1.54. The Bertz CT molecular complexity index is 796. The topological polar surface area (TPSA) is 76.9 Å². The van der Waals surface area contributed by atoms with Gasteiger partial charge >= 0.3 is 0 Å². The van der Waals surface area contributed by atoms with Crippen LogP contribution in [0.25, 0.3) is 16.9 Å². The number of hydrogen-bond acceptors (Lipinski definition) is 6. The number of imidazole rings is 1. The molecule has 1 fully saturated rings. The molecule has 0 bridgehead atoms. The van der Waals surface area contributed by atoms with E-state index < -0.39 is 0 Å². The number of aromatic nitrogens is 4. The SMILES string of the molecule is c1ccc2c(c1)ncn2-c1ccnc(NCC2CNCCO2)n1. The largest absolute Gasteiger partial charge is 0.374 e. The molecule has 0 amide bonds. The average molecular weight is 310 g/mol. The van der Waals surface area contributed by atoms with Gasteiger partial charge in [-0.05, 0) is 18.2 Å². The van der Waals surface area contributed by atoms with Gasteiger partial charge in [0.15, 0.2) is 0 Å². The zero-order chi connectivity index (χ0) is 15.5. The highest BCUT2D eigenvalue weighted by atomic mass is 16.5. The van der Waals surface area contributed by atoms with Crippen molar-refractivity contribution in [3.05, 3.63) is 42.9 Å². The Morgan fingerprint density at radius 3 is 3.13 bits per heavy atom. The molecule has 23 heavy (non-hydrogen) atoms. The van der Waals surface area contributed by atoms with Gasteiger partial charge in [0.05, 0.1) is 23.7 Å². The Hall–Kier alpha value is -2.51. The summed E-state index contributed by atoms with van der Waals surface area (Å²) in [4.78, 5) is 13.3. The van der Waals surface area contributed by atoms with Crippen LogP contribution in [0.4, 0.5) is 5.95 Å². The summed E-state index contributed by atoms with van der Waals surface area (Å²) in [5, 5.41) is 6.55. The molecule has 1 aromatic carbocycles. The van der Waals surface area contributed by atoms with Gasteiger partial charge < -0.3 is 15.4 Å². The molecule has 1 atom stereocenters. The first-order valence-corrected chi connectivity index (χ1v) is 7.72. The molecule has 1 saturated heterocycles. The van der Waals surface area contributed by atoms with Crippen molar-refractivity contribution in [2.75, 3.05) is 31.6 Å². The van der Waals surface area contributed by atoms with E-state index >= 15 is 0 Å². The summed E-state index contributed by atoms with van der Waals surface area (Å²) in [6.07, 6.45) is 3.68. The fraction of sp³-hybridized carbons (Fsp3) is 0.312. The van der Waals surface area contributed by atoms with Crippen LogP contribution >= 0.6 is 0 Å². The molecule has 1 aliphatic heterocycles. The van der Waals surface area contributed by atoms with E-state index in [4.69, 9.17) is 4.74 Å². The van der Waals surface area contributed by atoms with E-state index in [1.165, 1.54) is 0 Å². The smallest absolute Gasteiger partial charge is 0.224 e. The molecule has 1 aliphatic rings. The maximum absolute atomic E-state index is 5.66. The van der Waals surface area contributed by atoms with Crippen LogP contribution in [0.2, 0.25) is 0 Å². The third-order valence-electron chi connectivity index (χ3n) is 3.83. The summed E-state index contributed by atoms with van der Waals surface area (Å²) in [5.41, 5.74) is 1.97. The molecule has 7 nitrogen and oxygen atoms in total. The number of nitrogens with one attached hydrogen (secondary N) is 2. The monoisotopic (exact) mass is 310 g/mol. The molecule has 3 aromatic rings. The Labute approximate surface area is 133 Å². The molecule has 118 valence electrons. The number of nitrogens with zero attached hydrogens (tertiary/aromatic N) is 4. The lowest BCUT2D eigenvalue weighted by Crippen LogP contribution is -2.42. The molecular formula is C16H18N6O. The second-order valence-corrected chi connectivity index (χ2v) is 5.42. The van der Waals surface area contributed by atoms with E-state index in [0.717, 1.165) is 36.5 Å². The number of anilines is 1. The summed E-state index contributed by atoms with van der Waals surface area (Å²) in [5.74, 6) is 1.38. The highest BCUT2D eigenvalue weighted by Gasteiger charge is 2.13. The first kappa shape index (κ1) is 14.1. The second kappa shape index (κ2) is 6.31. The summed E-state index contributed by atoms with van der Waals surface area (Å²) in [6.45, 7) is 3.18. The number of hydrogen-bond donors (Lipinski definition) is 2. The van der Waals surface area contributed by atoms with E-state index in [-0.39, 0.29) is 6.10 Å². The van der Waals surface area contributed by atoms with Crippen LogP contribution in [-0.4, -0.2) is 51.9 Å². The lowest BCUT2D eigenvalue weighted by atomic mass is 10.3. The Morgan fingerprint density at radius 2 is 2.22 bits per heavy atom. The predicted molar refractivity (Wildman–Crippen MR) is 87.8 cm³/mol. The van der Waals surface area contributed by atoms with Crippen LogP contribution < -0.4 is 10.6 Å². The van der Waals surface area contributed by atoms with E-state index in [1.807, 2.05) is 34.9 Å². The van der Waals surface area contributed by atoms with Gasteiger partial charge in [0.2, 0.25) is 5.95 Å². The van der Waals surface area contributed by atoms with Gasteiger partial charge in [-0.15, -0.1) is 0 Å². The van der Waals surface area contributed by atoms with Gasteiger partial charge in [0.25, 0.3) is 0 Å². The van der Waals surface area contributed by atoms with Gasteiger partial charge in [-0.1, -0.05) is 12.1 Å². The maximum atomic E-state index is 5.66. The van der Waals surface area contributed by atoms with Crippen molar-refractivity contribution >= 4 is 17.0 Å². The zero-order valence-corrected chi connectivity index (χ0v) is 12.6. The minimum absolute atomic E-state index is 0.144. The number of para-hydroxylation sites is 2. The number of morpholine rings is 1. The maximum Gasteiger partial charge on any atom is 0.224 e. The highest BCUT2D eigenvalue weighted by molar-refractivity contribution is 5.76. The summed E-state index contributed by atoms with van der Waals surface area (Å²) < 4.78 is 7.62. The van der Waals surface area contributed by atoms with E-state index in [0.29, 0.717) is 12.5 Å². The average Bonchev–Trinajstić information content (AvgIpc) is 3.05. The van der Waals surface area contributed by atoms with E-state index in [2.05, 4.69) is 25.6 Å². The molecule has 2 N–H and O–H groups in total. The number of benzene rings is 1. The summed E-state index contributed by atoms with van der Waals surface area (Å²) >= 11 is 0. The van der Waals surface area contributed by atoms with Crippen molar-refractivity contribution in [1.82, 2.24) is 24.8 Å². The molecule has 0 radical (unpaired) electrons. The van der Waals surface area contributed by atoms with Crippen molar-refractivity contribution in [3.63, 3.8) is 0 Å². The number of ether oxygens (including phenoxy) is 1. The van der Waals surface area contributed by atoms with Crippen LogP contribution in [0, 0.1) is 0 Å². The Kier molecular flexibility index (Phi) is 3.87. The van der Waals surface area contributed by atoms with Gasteiger partial charge in [0.1, 0.15) is 12.1 Å². The lowest BCUT2D eigenvalue weighted by Gasteiger charge is -2.23. The molecule has 0 aliphatic carbocycles. The van der Waals surface area contributed by atoms with Crippen LogP contribution in [0.1, 0.15) is 0 Å². The first-order chi connectivity index (χ1) is 11.4. The van der Waals surface area contributed by atoms with Gasteiger partial charge in [-0.3, -0.25) is 4.57 Å². The predicted octanol–water partition coefficient (Wildman–Crippen LogP) is 1.22. The van der Waals surface area contributed by atoms with Crippen molar-refractivity contribution in [2.24, 2.45) is 0 Å². The minimum Gasteiger partial charge on any atom is -0.374 e. The van der Waals surface area contributed by atoms with Crippen molar-refractivity contribution < 1.29 is 4.74 Å². The fourth-order valence-electron chi connectivity index (χ4n) is 2.67. The molecular weight excluding hydrogens is 292 g/mol. The number of fused-ring (bicyclic) bond motifs is 1. The van der Waals surface area contributed by atoms with Gasteiger partial charge in [-0.25, -0.2) is 9.97 Å². The van der Waals surface area contributed by atoms with E-state index in [9.17, 15) is 0 Å². The van der Waals surface area contributed by atoms with Crippen molar-refractivity contribution in [3.8, 4) is 5.82 Å². The van der Waals surface area contributed by atoms with Crippen LogP contribution in [0.3, 0.4) is 0 Å². The zero-order valence-electron chi connectivity index (χ0n) is 12.6. The normalized spacial score (nSPS) is 18.2. The summed E-state index contributed by atoms with van der Waals surface area (Å²) in [6, 6.07) is 9.86. The molecule has 0 spiro atoms. The van der Waals surface area contributed by atoms with Crippen LogP contribution in [-0.2, 0) is 4.74 Å². The minimum atomic E-state index is 0.144. The molecule has 0 saturated carbocycles. The molecule has 2 aromatic heterocycles. The quantitative estimate of drug-likeness (QED) is 0.754. The third-order valence-corrected chi connectivity index (χ3v) is 3.83. The Morgan fingerprint density at radius 1 is 1.26 bits per heavy atom. The van der Waals surface area contributed by atoms with Crippen molar-refractivity contribution in [1.29, 1.82) is 0 Å². The molecule has 4 rings (SSSR count). The summed E-state index contributed by atoms with van der Waals surface area (Å²) in [7, 11) is 0. The van der Waals surface area contributed by atoms with Gasteiger partial charge in [0, 0.05) is 25.8 Å². The second-order valence-electron chi connectivity index (χ2n) is 5.42. The van der Waals surface area contributed by atoms with E-state index in [1.54, 1.807) is 12.5 Å². The highest BCUT2D eigenvalue weighted by Crippen LogP contribution is 2.16. The fourth-order valence-corrected chi connectivity index (χ4v) is 2.67. The number of rotatable bonds is 4. The standard InChI is InChI=1S/C16H18N6O/c1-2-4-14-13(3-1)20-11-22(14)15-5-6-18-16(21-15)19-10-12-9-17-7-8-23-12/h1-6,11-12,17H,7-10H2,(H,18,19,21). The molecule has 3 heterocycles. The molecule has 1 unspecified atom stereocenters. The van der Waals surface area contributed by atoms with Crippen LogP contribution in [0.5, 0.6) is 0 Å². The first-order valence-electron chi connectivity index (χ1n) is 7.72. The van der Waals surface area contributed by atoms with Gasteiger partial charge in [-0.2, -0.15) is 4.98 Å². The third kappa shape index (κ3) is 3.01. The molecule has 7 heteroatoms. The van der Waals surface area contributed by atoms with Crippen LogP contribution in [0.15, 0.2) is 42.9 Å². The lowest BCUT2D eigenvalue weighted by molar-refractivity contribution is 0.0371.